The van der Waals surface area contributed by atoms with Crippen molar-refractivity contribution in [3.05, 3.63) is 100 Å². The van der Waals surface area contributed by atoms with Crippen molar-refractivity contribution in [2.24, 2.45) is 4.99 Å². The molecule has 3 aromatic rings. The number of amides is 1. The molecule has 3 aromatic carbocycles. The molecule has 0 atom stereocenters. The highest BCUT2D eigenvalue weighted by Crippen LogP contribution is 2.37. The lowest BCUT2D eigenvalue weighted by Gasteiger charge is -2.15. The van der Waals surface area contributed by atoms with Crippen molar-refractivity contribution in [2.75, 3.05) is 4.90 Å². The molecule has 0 saturated carbocycles. The van der Waals surface area contributed by atoms with Crippen LogP contribution in [0.25, 0.3) is 6.08 Å². The third-order valence-electron chi connectivity index (χ3n) is 4.40. The minimum absolute atomic E-state index is 0.138. The second-order valence-electron chi connectivity index (χ2n) is 6.53. The minimum atomic E-state index is -1.04. The molecule has 0 aliphatic carbocycles. The topological polar surface area (TPSA) is 70.0 Å². The third kappa shape index (κ3) is 4.54. The van der Waals surface area contributed by atoms with Gasteiger partial charge >= 0.3 is 5.97 Å². The van der Waals surface area contributed by atoms with Gasteiger partial charge < -0.3 is 5.11 Å². The SMILES string of the molecule is O=C(O)c1ccc(/C=C2/SC(=Nc3ccc(F)cc3)N(c3ccc(F)cc3)C2=O)cc1. The second-order valence-corrected chi connectivity index (χ2v) is 7.53. The summed E-state index contributed by atoms with van der Waals surface area (Å²) in [7, 11) is 0. The van der Waals surface area contributed by atoms with Crippen molar-refractivity contribution in [3.63, 3.8) is 0 Å². The number of thioether (sulfide) groups is 1. The van der Waals surface area contributed by atoms with Crippen molar-refractivity contribution in [2.45, 2.75) is 0 Å². The van der Waals surface area contributed by atoms with E-state index in [-0.39, 0.29) is 11.5 Å². The van der Waals surface area contributed by atoms with E-state index >= 15 is 0 Å². The molecule has 1 N–H and O–H groups in total. The molecule has 0 spiro atoms. The molecular weight excluding hydrogens is 422 g/mol. The van der Waals surface area contributed by atoms with Crippen molar-refractivity contribution in [1.29, 1.82) is 0 Å². The molecule has 0 unspecified atom stereocenters. The van der Waals surface area contributed by atoms with E-state index in [0.717, 1.165) is 11.8 Å². The molecule has 1 fully saturated rings. The summed E-state index contributed by atoms with van der Waals surface area (Å²) in [6.45, 7) is 0. The maximum atomic E-state index is 13.4. The highest BCUT2D eigenvalue weighted by atomic mass is 32.2. The average Bonchev–Trinajstić information content (AvgIpc) is 3.05. The van der Waals surface area contributed by atoms with Gasteiger partial charge in [0, 0.05) is 0 Å². The van der Waals surface area contributed by atoms with Crippen molar-refractivity contribution < 1.29 is 23.5 Å². The van der Waals surface area contributed by atoms with Crippen LogP contribution in [0.2, 0.25) is 0 Å². The van der Waals surface area contributed by atoms with Gasteiger partial charge in [-0.3, -0.25) is 9.69 Å². The van der Waals surface area contributed by atoms with E-state index in [1.807, 2.05) is 0 Å². The molecule has 1 aliphatic rings. The van der Waals surface area contributed by atoms with Crippen LogP contribution in [0.15, 0.2) is 82.7 Å². The molecule has 154 valence electrons. The molecule has 1 amide bonds. The number of carboxylic acid groups (broad SMARTS) is 1. The predicted molar refractivity (Wildman–Crippen MR) is 116 cm³/mol. The molecule has 1 heterocycles. The van der Waals surface area contributed by atoms with Crippen LogP contribution in [-0.4, -0.2) is 22.2 Å². The Hall–Kier alpha value is -3.78. The Morgan fingerprint density at radius 2 is 1.48 bits per heavy atom. The van der Waals surface area contributed by atoms with Gasteiger partial charge in [-0.25, -0.2) is 18.6 Å². The molecule has 1 aliphatic heterocycles. The van der Waals surface area contributed by atoms with E-state index < -0.39 is 17.6 Å². The van der Waals surface area contributed by atoms with Crippen LogP contribution in [0.1, 0.15) is 15.9 Å². The van der Waals surface area contributed by atoms with E-state index in [9.17, 15) is 18.4 Å². The first-order valence-corrected chi connectivity index (χ1v) is 9.89. The molecule has 4 rings (SSSR count). The standard InChI is InChI=1S/C23H14F2N2O3S/c24-16-5-9-18(10-6-16)26-23-27(19-11-7-17(25)8-12-19)21(28)20(31-23)13-14-1-3-15(4-2-14)22(29)30/h1-13H,(H,29,30)/b20-13+,26-23?. The quantitative estimate of drug-likeness (QED) is 0.551. The molecular formula is C23H14F2N2O3S. The first-order valence-electron chi connectivity index (χ1n) is 9.08. The van der Waals surface area contributed by atoms with Crippen LogP contribution in [0, 0.1) is 11.6 Å². The minimum Gasteiger partial charge on any atom is -0.478 e. The number of halogens is 2. The van der Waals surface area contributed by atoms with E-state index in [4.69, 9.17) is 5.11 Å². The lowest BCUT2D eigenvalue weighted by Crippen LogP contribution is -2.28. The number of carbonyl (C=O) groups is 2. The Bertz CT molecular complexity index is 1210. The molecule has 8 heteroatoms. The van der Waals surface area contributed by atoms with Crippen LogP contribution in [0.4, 0.5) is 20.2 Å². The molecule has 5 nitrogen and oxygen atoms in total. The van der Waals surface area contributed by atoms with Gasteiger partial charge in [-0.15, -0.1) is 0 Å². The number of benzene rings is 3. The third-order valence-corrected chi connectivity index (χ3v) is 5.37. The van der Waals surface area contributed by atoms with Crippen LogP contribution in [0.3, 0.4) is 0 Å². The van der Waals surface area contributed by atoms with Crippen LogP contribution in [-0.2, 0) is 4.79 Å². The summed E-state index contributed by atoms with van der Waals surface area (Å²) in [5.41, 5.74) is 1.67. The fraction of sp³-hybridized carbons (Fsp3) is 0. The van der Waals surface area contributed by atoms with Crippen LogP contribution < -0.4 is 4.90 Å². The normalized spacial score (nSPS) is 16.3. The number of hydrogen-bond acceptors (Lipinski definition) is 4. The zero-order chi connectivity index (χ0) is 22.0. The van der Waals surface area contributed by atoms with Gasteiger partial charge in [0.25, 0.3) is 5.91 Å². The van der Waals surface area contributed by atoms with Crippen molar-refractivity contribution in [1.82, 2.24) is 0 Å². The fourth-order valence-corrected chi connectivity index (χ4v) is 3.87. The summed E-state index contributed by atoms with van der Waals surface area (Å²) in [6, 6.07) is 17.0. The predicted octanol–water partition coefficient (Wildman–Crippen LogP) is 5.47. The van der Waals surface area contributed by atoms with E-state index in [1.54, 1.807) is 18.2 Å². The smallest absolute Gasteiger partial charge is 0.335 e. The Kier molecular flexibility index (Phi) is 5.64. The van der Waals surface area contributed by atoms with E-state index in [0.29, 0.717) is 27.0 Å². The van der Waals surface area contributed by atoms with Crippen LogP contribution >= 0.6 is 11.8 Å². The summed E-state index contributed by atoms with van der Waals surface area (Å²) >= 11 is 1.11. The molecule has 1 saturated heterocycles. The summed E-state index contributed by atoms with van der Waals surface area (Å²) in [5, 5.41) is 9.36. The summed E-state index contributed by atoms with van der Waals surface area (Å²) in [4.78, 5) is 30.3. The van der Waals surface area contributed by atoms with Crippen molar-refractivity contribution in [3.8, 4) is 0 Å². The Balaban J connectivity index is 1.73. The number of nitrogens with zero attached hydrogens (tertiary/aromatic N) is 2. The monoisotopic (exact) mass is 436 g/mol. The summed E-state index contributed by atoms with van der Waals surface area (Å²) in [6.07, 6.45) is 1.63. The number of anilines is 1. The molecule has 0 bridgehead atoms. The lowest BCUT2D eigenvalue weighted by molar-refractivity contribution is -0.113. The molecule has 0 radical (unpaired) electrons. The van der Waals surface area contributed by atoms with Gasteiger partial charge in [0.15, 0.2) is 5.17 Å². The average molecular weight is 436 g/mol. The van der Waals surface area contributed by atoms with Gasteiger partial charge in [0.2, 0.25) is 0 Å². The van der Waals surface area contributed by atoms with Gasteiger partial charge in [-0.2, -0.15) is 0 Å². The zero-order valence-electron chi connectivity index (χ0n) is 15.8. The maximum absolute atomic E-state index is 13.4. The Labute approximate surface area is 180 Å². The zero-order valence-corrected chi connectivity index (χ0v) is 16.6. The number of amidine groups is 1. The van der Waals surface area contributed by atoms with Crippen molar-refractivity contribution >= 4 is 46.3 Å². The van der Waals surface area contributed by atoms with Gasteiger partial charge in [0.1, 0.15) is 11.6 Å². The van der Waals surface area contributed by atoms with Gasteiger partial charge in [-0.1, -0.05) is 12.1 Å². The summed E-state index contributed by atoms with van der Waals surface area (Å²) in [5.74, 6) is -2.24. The first kappa shape index (κ1) is 20.5. The maximum Gasteiger partial charge on any atom is 0.335 e. The first-order chi connectivity index (χ1) is 14.9. The highest BCUT2D eigenvalue weighted by Gasteiger charge is 2.34. The molecule has 31 heavy (non-hydrogen) atoms. The Morgan fingerprint density at radius 3 is 2.06 bits per heavy atom. The van der Waals surface area contributed by atoms with Gasteiger partial charge in [0.05, 0.1) is 21.8 Å². The Morgan fingerprint density at radius 1 is 0.903 bits per heavy atom. The van der Waals surface area contributed by atoms with E-state index in [2.05, 4.69) is 4.99 Å². The van der Waals surface area contributed by atoms with Gasteiger partial charge in [-0.05, 0) is 84.1 Å². The number of rotatable bonds is 4. The lowest BCUT2D eigenvalue weighted by atomic mass is 10.1. The fourth-order valence-electron chi connectivity index (χ4n) is 2.87. The highest BCUT2D eigenvalue weighted by molar-refractivity contribution is 8.19. The number of carboxylic acids is 1. The number of aliphatic imine (C=N–C) groups is 1. The summed E-state index contributed by atoms with van der Waals surface area (Å²) < 4.78 is 26.6. The largest absolute Gasteiger partial charge is 0.478 e. The number of hydrogen-bond donors (Lipinski definition) is 1. The number of aromatic carboxylic acids is 1. The van der Waals surface area contributed by atoms with E-state index in [1.165, 1.54) is 65.6 Å². The second kappa shape index (κ2) is 8.53. The van der Waals surface area contributed by atoms with Crippen LogP contribution in [0.5, 0.6) is 0 Å². The molecule has 0 aromatic heterocycles. The number of carbonyl (C=O) groups excluding carboxylic acids is 1.